The maximum Gasteiger partial charge on any atom is 0.416 e. The van der Waals surface area contributed by atoms with Crippen molar-refractivity contribution in [2.24, 2.45) is 0 Å². The molecule has 0 spiro atoms. The number of hydrogen-bond donors (Lipinski definition) is 1. The third-order valence-corrected chi connectivity index (χ3v) is 5.93. The summed E-state index contributed by atoms with van der Waals surface area (Å²) >= 11 is 0. The predicted octanol–water partition coefficient (Wildman–Crippen LogP) is 2.84. The first-order chi connectivity index (χ1) is 16.2. The van der Waals surface area contributed by atoms with Crippen LogP contribution in [0.1, 0.15) is 21.9 Å². The Hall–Kier alpha value is -3.05. The minimum absolute atomic E-state index is 0.0146. The number of nitrogens with one attached hydrogen (secondary N) is 1. The Balaban J connectivity index is 1.38. The summed E-state index contributed by atoms with van der Waals surface area (Å²) < 4.78 is 50.6. The summed E-state index contributed by atoms with van der Waals surface area (Å²) in [5.41, 5.74) is -0.155. The first-order valence-corrected chi connectivity index (χ1v) is 11.1. The molecule has 0 unspecified atom stereocenters. The third-order valence-electron chi connectivity index (χ3n) is 5.93. The van der Waals surface area contributed by atoms with Crippen LogP contribution >= 0.6 is 0 Å². The van der Waals surface area contributed by atoms with Crippen molar-refractivity contribution in [3.8, 4) is 0 Å². The number of anilines is 2. The van der Waals surface area contributed by atoms with Crippen LogP contribution in [0.2, 0.25) is 0 Å². The summed E-state index contributed by atoms with van der Waals surface area (Å²) in [6.45, 7) is 5.56. The summed E-state index contributed by atoms with van der Waals surface area (Å²) in [5.74, 6) is 0.333. The van der Waals surface area contributed by atoms with Crippen LogP contribution in [-0.4, -0.2) is 80.6 Å². The number of carbonyl (C=O) groups excluding carboxylic acids is 2. The van der Waals surface area contributed by atoms with E-state index in [4.69, 9.17) is 9.15 Å². The van der Waals surface area contributed by atoms with Crippen molar-refractivity contribution in [3.63, 3.8) is 0 Å². The number of nitrogens with zero attached hydrogens (tertiary/aromatic N) is 3. The Labute approximate surface area is 195 Å². The monoisotopic (exact) mass is 480 g/mol. The topological polar surface area (TPSA) is 78.3 Å². The van der Waals surface area contributed by atoms with Crippen LogP contribution in [0.4, 0.5) is 24.5 Å². The van der Waals surface area contributed by atoms with E-state index in [0.29, 0.717) is 63.9 Å². The lowest BCUT2D eigenvalue weighted by atomic mass is 10.1. The van der Waals surface area contributed by atoms with E-state index in [2.05, 4.69) is 5.32 Å². The van der Waals surface area contributed by atoms with Crippen LogP contribution in [0.25, 0.3) is 0 Å². The predicted molar refractivity (Wildman–Crippen MR) is 119 cm³/mol. The lowest BCUT2D eigenvalue weighted by Gasteiger charge is -2.34. The number of rotatable bonds is 5. The minimum atomic E-state index is -4.52. The molecule has 1 aromatic heterocycles. The van der Waals surface area contributed by atoms with Gasteiger partial charge < -0.3 is 24.3 Å². The van der Waals surface area contributed by atoms with E-state index in [1.54, 1.807) is 24.0 Å². The van der Waals surface area contributed by atoms with Crippen molar-refractivity contribution in [3.05, 3.63) is 47.4 Å². The maximum atomic E-state index is 13.3. The van der Waals surface area contributed by atoms with E-state index >= 15 is 0 Å². The van der Waals surface area contributed by atoms with Gasteiger partial charge in [-0.3, -0.25) is 14.5 Å². The quantitative estimate of drug-likeness (QED) is 0.709. The molecule has 34 heavy (non-hydrogen) atoms. The number of ether oxygens (including phenoxy) is 1. The van der Waals surface area contributed by atoms with Gasteiger partial charge in [-0.15, -0.1) is 0 Å². The second-order valence-corrected chi connectivity index (χ2v) is 8.36. The molecule has 2 fully saturated rings. The van der Waals surface area contributed by atoms with Gasteiger partial charge in [0.1, 0.15) is 5.76 Å². The molecule has 2 aromatic rings. The van der Waals surface area contributed by atoms with Gasteiger partial charge in [-0.25, -0.2) is 0 Å². The zero-order chi connectivity index (χ0) is 24.3. The SMILES string of the molecule is Cc1ccc(C(=O)N2CCN(CC(=O)Nc3cc(C(F)(F)F)ccc3N3CCOCC3)CC2)o1. The molecule has 2 aliphatic rings. The van der Waals surface area contributed by atoms with Crippen LogP contribution in [0, 0.1) is 6.92 Å². The van der Waals surface area contributed by atoms with Crippen molar-refractivity contribution < 1.29 is 31.9 Å². The molecular weight excluding hydrogens is 453 g/mol. The van der Waals surface area contributed by atoms with E-state index in [0.717, 1.165) is 12.1 Å². The smallest absolute Gasteiger partial charge is 0.416 e. The Morgan fingerprint density at radius 3 is 2.32 bits per heavy atom. The summed E-state index contributed by atoms with van der Waals surface area (Å²) in [6, 6.07) is 6.76. The normalized spacial score (nSPS) is 17.6. The Bertz CT molecular complexity index is 1030. The Morgan fingerprint density at radius 1 is 1.00 bits per heavy atom. The molecule has 0 aliphatic carbocycles. The molecule has 2 saturated heterocycles. The van der Waals surface area contributed by atoms with E-state index in [-0.39, 0.29) is 23.9 Å². The van der Waals surface area contributed by atoms with Crippen LogP contribution in [0.5, 0.6) is 0 Å². The number of halogens is 3. The van der Waals surface area contributed by atoms with Gasteiger partial charge in [-0.1, -0.05) is 0 Å². The molecule has 0 bridgehead atoms. The number of piperazine rings is 1. The number of amides is 2. The van der Waals surface area contributed by atoms with Crippen molar-refractivity contribution in [1.82, 2.24) is 9.80 Å². The Kier molecular flexibility index (Phi) is 7.13. The second-order valence-electron chi connectivity index (χ2n) is 8.36. The van der Waals surface area contributed by atoms with Gasteiger partial charge in [0.05, 0.1) is 36.7 Å². The molecule has 3 heterocycles. The maximum absolute atomic E-state index is 13.3. The summed E-state index contributed by atoms with van der Waals surface area (Å²) in [7, 11) is 0. The van der Waals surface area contributed by atoms with Crippen LogP contribution < -0.4 is 10.2 Å². The highest BCUT2D eigenvalue weighted by molar-refractivity contribution is 5.96. The van der Waals surface area contributed by atoms with Crippen LogP contribution in [0.3, 0.4) is 0 Å². The zero-order valence-corrected chi connectivity index (χ0v) is 18.9. The molecule has 0 saturated carbocycles. The molecule has 0 atom stereocenters. The standard InChI is InChI=1S/C23H27F3N4O4/c1-16-2-5-20(34-16)22(32)30-8-6-28(7-9-30)15-21(31)27-18-14-17(23(24,25)26)3-4-19(18)29-10-12-33-13-11-29/h2-5,14H,6-13,15H2,1H3,(H,27,31). The Morgan fingerprint density at radius 2 is 1.71 bits per heavy atom. The number of furan rings is 1. The molecule has 1 N–H and O–H groups in total. The number of hydrogen-bond acceptors (Lipinski definition) is 6. The first kappa shape index (κ1) is 24.1. The zero-order valence-electron chi connectivity index (χ0n) is 18.9. The minimum Gasteiger partial charge on any atom is -0.456 e. The fraction of sp³-hybridized carbons (Fsp3) is 0.478. The second kappa shape index (κ2) is 10.1. The molecule has 2 aliphatic heterocycles. The molecule has 0 radical (unpaired) electrons. The van der Waals surface area contributed by atoms with Crippen molar-refractivity contribution in [1.29, 1.82) is 0 Å². The van der Waals surface area contributed by atoms with Crippen molar-refractivity contribution in [2.75, 3.05) is 69.2 Å². The molecule has 184 valence electrons. The lowest BCUT2D eigenvalue weighted by molar-refractivity contribution is -0.137. The van der Waals surface area contributed by atoms with Crippen LogP contribution in [0.15, 0.2) is 34.7 Å². The van der Waals surface area contributed by atoms with E-state index in [9.17, 15) is 22.8 Å². The fourth-order valence-electron chi connectivity index (χ4n) is 4.10. The summed E-state index contributed by atoms with van der Waals surface area (Å²) in [6.07, 6.45) is -4.52. The number of alkyl halides is 3. The third kappa shape index (κ3) is 5.71. The largest absolute Gasteiger partial charge is 0.456 e. The van der Waals surface area contributed by atoms with Gasteiger partial charge in [0.2, 0.25) is 5.91 Å². The molecule has 4 rings (SSSR count). The van der Waals surface area contributed by atoms with Gasteiger partial charge in [0.25, 0.3) is 5.91 Å². The van der Waals surface area contributed by atoms with E-state index in [1.807, 2.05) is 9.80 Å². The average Bonchev–Trinajstić information content (AvgIpc) is 3.25. The molecule has 1 aromatic carbocycles. The molecule has 8 nitrogen and oxygen atoms in total. The molecular formula is C23H27F3N4O4. The van der Waals surface area contributed by atoms with E-state index in [1.165, 1.54) is 6.07 Å². The lowest BCUT2D eigenvalue weighted by Crippen LogP contribution is -2.50. The number of benzene rings is 1. The van der Waals surface area contributed by atoms with Crippen molar-refractivity contribution in [2.45, 2.75) is 13.1 Å². The summed E-state index contributed by atoms with van der Waals surface area (Å²) in [4.78, 5) is 30.7. The van der Waals surface area contributed by atoms with Gasteiger partial charge >= 0.3 is 6.18 Å². The number of carbonyl (C=O) groups is 2. The van der Waals surface area contributed by atoms with Gasteiger partial charge in [0.15, 0.2) is 5.76 Å². The van der Waals surface area contributed by atoms with Gasteiger partial charge in [-0.05, 0) is 37.3 Å². The molecule has 11 heteroatoms. The van der Waals surface area contributed by atoms with Crippen LogP contribution in [-0.2, 0) is 15.7 Å². The fourth-order valence-corrected chi connectivity index (χ4v) is 4.10. The number of aryl methyl sites for hydroxylation is 1. The average molecular weight is 480 g/mol. The van der Waals surface area contributed by atoms with Gasteiger partial charge in [0, 0.05) is 39.3 Å². The highest BCUT2D eigenvalue weighted by Crippen LogP contribution is 2.35. The highest BCUT2D eigenvalue weighted by atomic mass is 19.4. The molecule has 2 amide bonds. The summed E-state index contributed by atoms with van der Waals surface area (Å²) in [5, 5.41) is 2.67. The van der Waals surface area contributed by atoms with Crippen molar-refractivity contribution >= 4 is 23.2 Å². The van der Waals surface area contributed by atoms with E-state index < -0.39 is 17.6 Å². The first-order valence-electron chi connectivity index (χ1n) is 11.1. The van der Waals surface area contributed by atoms with Gasteiger partial charge in [-0.2, -0.15) is 13.2 Å². The highest BCUT2D eigenvalue weighted by Gasteiger charge is 2.32. The number of morpholine rings is 1.